The van der Waals surface area contributed by atoms with Crippen LogP contribution in [0, 0.1) is 5.82 Å². The topological polar surface area (TPSA) is 57.7 Å². The fourth-order valence-electron chi connectivity index (χ4n) is 3.16. The van der Waals surface area contributed by atoms with E-state index in [0.29, 0.717) is 18.8 Å². The first kappa shape index (κ1) is 18.4. The molecule has 1 amide bonds. The van der Waals surface area contributed by atoms with Crippen LogP contribution in [-0.2, 0) is 27.8 Å². The van der Waals surface area contributed by atoms with Crippen molar-refractivity contribution < 1.29 is 17.6 Å². The van der Waals surface area contributed by atoms with Crippen LogP contribution < -0.4 is 4.31 Å². The molecule has 0 atom stereocenters. The molecule has 0 saturated heterocycles. The zero-order valence-electron chi connectivity index (χ0n) is 14.6. The standard InChI is InChI=1S/C19H21FN2O3S/c1-26(24,25)22(18-8-6-17(20)7-9-18)13-11-19(23)21-12-10-15-4-2-3-5-16(15)14-21/h2-9H,10-14H2,1H3. The van der Waals surface area contributed by atoms with Crippen LogP contribution in [0.1, 0.15) is 17.5 Å². The highest BCUT2D eigenvalue weighted by atomic mass is 32.2. The van der Waals surface area contributed by atoms with Gasteiger partial charge in [0.25, 0.3) is 0 Å². The average molecular weight is 376 g/mol. The third kappa shape index (κ3) is 4.22. The molecule has 1 aliphatic rings. The van der Waals surface area contributed by atoms with E-state index in [-0.39, 0.29) is 18.9 Å². The Morgan fingerprint density at radius 1 is 1.12 bits per heavy atom. The lowest BCUT2D eigenvalue weighted by Gasteiger charge is -2.30. The van der Waals surface area contributed by atoms with Crippen LogP contribution in [0.5, 0.6) is 0 Å². The van der Waals surface area contributed by atoms with Crippen LogP contribution in [0.15, 0.2) is 48.5 Å². The zero-order chi connectivity index (χ0) is 18.7. The second kappa shape index (κ2) is 7.45. The van der Waals surface area contributed by atoms with Crippen molar-refractivity contribution in [1.29, 1.82) is 0 Å². The van der Waals surface area contributed by atoms with Crippen LogP contribution in [-0.4, -0.2) is 38.6 Å². The van der Waals surface area contributed by atoms with Crippen LogP contribution in [0.25, 0.3) is 0 Å². The Hall–Kier alpha value is -2.41. The van der Waals surface area contributed by atoms with E-state index in [0.717, 1.165) is 22.5 Å². The van der Waals surface area contributed by atoms with E-state index in [4.69, 9.17) is 0 Å². The Bertz CT molecular complexity index is 897. The van der Waals surface area contributed by atoms with E-state index in [1.807, 2.05) is 18.2 Å². The molecule has 0 saturated carbocycles. The quantitative estimate of drug-likeness (QED) is 0.806. The van der Waals surface area contributed by atoms with Crippen molar-refractivity contribution in [2.24, 2.45) is 0 Å². The minimum absolute atomic E-state index is 0.0292. The van der Waals surface area contributed by atoms with Gasteiger partial charge in [-0.1, -0.05) is 24.3 Å². The summed E-state index contributed by atoms with van der Waals surface area (Å²) < 4.78 is 38.4. The largest absolute Gasteiger partial charge is 0.338 e. The molecule has 0 aliphatic carbocycles. The highest BCUT2D eigenvalue weighted by Gasteiger charge is 2.23. The first-order valence-corrected chi connectivity index (χ1v) is 10.3. The summed E-state index contributed by atoms with van der Waals surface area (Å²) in [5.74, 6) is -0.527. The predicted molar refractivity (Wildman–Crippen MR) is 98.8 cm³/mol. The molecule has 3 rings (SSSR count). The third-order valence-corrected chi connectivity index (χ3v) is 5.72. The van der Waals surface area contributed by atoms with Gasteiger partial charge >= 0.3 is 0 Å². The fourth-order valence-corrected chi connectivity index (χ4v) is 4.09. The Kier molecular flexibility index (Phi) is 5.27. The second-order valence-electron chi connectivity index (χ2n) is 6.40. The van der Waals surface area contributed by atoms with Gasteiger partial charge in [0.1, 0.15) is 5.82 Å². The molecule has 0 spiro atoms. The van der Waals surface area contributed by atoms with Crippen molar-refractivity contribution in [1.82, 2.24) is 4.90 Å². The maximum absolute atomic E-state index is 13.1. The molecule has 0 unspecified atom stereocenters. The van der Waals surface area contributed by atoms with Gasteiger partial charge in [-0.25, -0.2) is 12.8 Å². The first-order chi connectivity index (χ1) is 12.3. The minimum atomic E-state index is -3.57. The van der Waals surface area contributed by atoms with Crippen molar-refractivity contribution in [3.8, 4) is 0 Å². The maximum atomic E-state index is 13.1. The SMILES string of the molecule is CS(=O)(=O)N(CCC(=O)N1CCc2ccccc2C1)c1ccc(F)cc1. The molecule has 0 N–H and O–H groups in total. The number of hydrogen-bond acceptors (Lipinski definition) is 3. The molecular formula is C19H21FN2O3S. The van der Waals surface area contributed by atoms with Crippen molar-refractivity contribution in [3.05, 3.63) is 65.5 Å². The number of benzene rings is 2. The molecule has 7 heteroatoms. The number of sulfonamides is 1. The van der Waals surface area contributed by atoms with E-state index in [1.54, 1.807) is 4.90 Å². The number of anilines is 1. The normalized spacial score (nSPS) is 14.0. The number of hydrogen-bond donors (Lipinski definition) is 0. The number of carbonyl (C=O) groups is 1. The van der Waals surface area contributed by atoms with Crippen molar-refractivity contribution >= 4 is 21.6 Å². The summed E-state index contributed by atoms with van der Waals surface area (Å²) in [6, 6.07) is 13.2. The van der Waals surface area contributed by atoms with Crippen molar-refractivity contribution in [2.75, 3.05) is 23.7 Å². The Balaban J connectivity index is 1.68. The molecule has 1 heterocycles. The summed E-state index contributed by atoms with van der Waals surface area (Å²) in [6.07, 6.45) is 1.96. The van der Waals surface area contributed by atoms with E-state index >= 15 is 0 Å². The number of rotatable bonds is 5. The smallest absolute Gasteiger partial charge is 0.232 e. The van der Waals surface area contributed by atoms with Gasteiger partial charge in [0.2, 0.25) is 15.9 Å². The predicted octanol–water partition coefficient (Wildman–Crippen LogP) is 2.57. The van der Waals surface area contributed by atoms with Gasteiger partial charge in [-0.05, 0) is 41.8 Å². The Labute approximate surface area is 153 Å². The molecule has 2 aromatic carbocycles. The molecule has 0 bridgehead atoms. The number of nitrogens with zero attached hydrogens (tertiary/aromatic N) is 2. The maximum Gasteiger partial charge on any atom is 0.232 e. The number of halogens is 1. The van der Waals surface area contributed by atoms with Crippen molar-refractivity contribution in [3.63, 3.8) is 0 Å². The molecule has 5 nitrogen and oxygen atoms in total. The minimum Gasteiger partial charge on any atom is -0.338 e. The van der Waals surface area contributed by atoms with Gasteiger partial charge in [-0.2, -0.15) is 0 Å². The molecule has 0 radical (unpaired) electrons. The second-order valence-corrected chi connectivity index (χ2v) is 8.30. The average Bonchev–Trinajstić information content (AvgIpc) is 2.61. The monoisotopic (exact) mass is 376 g/mol. The highest BCUT2D eigenvalue weighted by molar-refractivity contribution is 7.92. The number of carbonyl (C=O) groups excluding carboxylic acids is 1. The van der Waals surface area contributed by atoms with Gasteiger partial charge < -0.3 is 4.90 Å². The van der Waals surface area contributed by atoms with Crippen LogP contribution in [0.4, 0.5) is 10.1 Å². The summed E-state index contributed by atoms with van der Waals surface area (Å²) in [7, 11) is -3.57. The number of fused-ring (bicyclic) bond motifs is 1. The molecule has 26 heavy (non-hydrogen) atoms. The van der Waals surface area contributed by atoms with Gasteiger partial charge in [-0.3, -0.25) is 9.10 Å². The molecule has 0 fully saturated rings. The molecule has 2 aromatic rings. The summed E-state index contributed by atoms with van der Waals surface area (Å²) in [5, 5.41) is 0. The summed E-state index contributed by atoms with van der Waals surface area (Å²) in [6.45, 7) is 1.21. The highest BCUT2D eigenvalue weighted by Crippen LogP contribution is 2.21. The van der Waals surface area contributed by atoms with Crippen LogP contribution in [0.3, 0.4) is 0 Å². The van der Waals surface area contributed by atoms with Crippen molar-refractivity contribution in [2.45, 2.75) is 19.4 Å². The van der Waals surface area contributed by atoms with E-state index in [9.17, 15) is 17.6 Å². The summed E-state index contributed by atoms with van der Waals surface area (Å²) in [5.41, 5.74) is 2.73. The van der Waals surface area contributed by atoms with Gasteiger partial charge in [-0.15, -0.1) is 0 Å². The van der Waals surface area contributed by atoms with Crippen LogP contribution in [0.2, 0.25) is 0 Å². The summed E-state index contributed by atoms with van der Waals surface area (Å²) in [4.78, 5) is 14.3. The van der Waals surface area contributed by atoms with Gasteiger partial charge in [0.15, 0.2) is 0 Å². The first-order valence-electron chi connectivity index (χ1n) is 8.42. The lowest BCUT2D eigenvalue weighted by molar-refractivity contribution is -0.131. The molecule has 138 valence electrons. The number of amides is 1. The third-order valence-electron chi connectivity index (χ3n) is 4.53. The molecule has 0 aromatic heterocycles. The lowest BCUT2D eigenvalue weighted by atomic mass is 10.00. The molecular weight excluding hydrogens is 355 g/mol. The van der Waals surface area contributed by atoms with Gasteiger partial charge in [0, 0.05) is 26.1 Å². The van der Waals surface area contributed by atoms with E-state index in [2.05, 4.69) is 6.07 Å². The van der Waals surface area contributed by atoms with Crippen LogP contribution >= 0.6 is 0 Å². The van der Waals surface area contributed by atoms with E-state index < -0.39 is 15.8 Å². The lowest BCUT2D eigenvalue weighted by Crippen LogP contribution is -2.39. The fraction of sp³-hybridized carbons (Fsp3) is 0.316. The Morgan fingerprint density at radius 2 is 1.77 bits per heavy atom. The zero-order valence-corrected chi connectivity index (χ0v) is 15.4. The van der Waals surface area contributed by atoms with E-state index in [1.165, 1.54) is 29.8 Å². The summed E-state index contributed by atoms with van der Waals surface area (Å²) >= 11 is 0. The molecule has 1 aliphatic heterocycles. The Morgan fingerprint density at radius 3 is 2.42 bits per heavy atom. The van der Waals surface area contributed by atoms with Gasteiger partial charge in [0.05, 0.1) is 11.9 Å².